The van der Waals surface area contributed by atoms with Crippen LogP contribution in [0.5, 0.6) is 0 Å². The van der Waals surface area contributed by atoms with Crippen molar-refractivity contribution in [3.63, 3.8) is 0 Å². The maximum Gasteiger partial charge on any atom is 0.309 e. The van der Waals surface area contributed by atoms with Gasteiger partial charge in [-0.15, -0.1) is 0 Å². The zero-order valence-corrected chi connectivity index (χ0v) is 16.8. The van der Waals surface area contributed by atoms with Gasteiger partial charge in [0.2, 0.25) is 0 Å². The van der Waals surface area contributed by atoms with Crippen LogP contribution in [-0.2, 0) is 15.9 Å². The monoisotopic (exact) mass is 406 g/mol. The summed E-state index contributed by atoms with van der Waals surface area (Å²) in [6, 6.07) is 11.8. The van der Waals surface area contributed by atoms with Gasteiger partial charge in [0, 0.05) is 37.4 Å². The molecule has 2 N–H and O–H groups in total. The predicted octanol–water partition coefficient (Wildman–Crippen LogP) is 2.97. The highest BCUT2D eigenvalue weighted by Gasteiger charge is 2.40. The van der Waals surface area contributed by atoms with Gasteiger partial charge in [-0.3, -0.25) is 9.69 Å². The van der Waals surface area contributed by atoms with Crippen molar-refractivity contribution in [2.24, 2.45) is 11.8 Å². The molecule has 0 aliphatic carbocycles. The third-order valence-electron chi connectivity index (χ3n) is 5.23. The molecule has 1 saturated heterocycles. The molecular weight excluding hydrogens is 380 g/mol. The molecule has 1 aromatic heterocycles. The van der Waals surface area contributed by atoms with Gasteiger partial charge >= 0.3 is 5.97 Å². The largest absolute Gasteiger partial charge is 0.481 e. The van der Waals surface area contributed by atoms with E-state index in [-0.39, 0.29) is 5.92 Å². The van der Waals surface area contributed by atoms with Crippen molar-refractivity contribution in [2.75, 3.05) is 31.1 Å². The number of furan rings is 1. The molecule has 28 heavy (non-hydrogen) atoms. The van der Waals surface area contributed by atoms with Crippen LogP contribution in [0.15, 0.2) is 47.1 Å². The highest BCUT2D eigenvalue weighted by Crippen LogP contribution is 2.27. The second-order valence-corrected chi connectivity index (χ2v) is 8.36. The number of carboxylic acid groups (broad SMARTS) is 1. The van der Waals surface area contributed by atoms with Crippen molar-refractivity contribution in [3.8, 4) is 11.3 Å². The molecule has 0 spiro atoms. The Bertz CT molecular complexity index is 799. The standard InChI is InChI=1S/C20H26N2O5S/c1-14(2)18(20(23)24)19(28(25)26)22-11-9-21(10-12-22)16-7-5-15(6-8-16)17-4-3-13-27-17/h3-8,13-14,18-19H,9-12H2,1-2H3,(H,23,24)(H,25,26). The van der Waals surface area contributed by atoms with Crippen molar-refractivity contribution in [2.45, 2.75) is 19.2 Å². The van der Waals surface area contributed by atoms with Crippen LogP contribution in [0.4, 0.5) is 5.69 Å². The smallest absolute Gasteiger partial charge is 0.309 e. The summed E-state index contributed by atoms with van der Waals surface area (Å²) in [6.07, 6.45) is 1.64. The van der Waals surface area contributed by atoms with Crippen molar-refractivity contribution in [1.29, 1.82) is 0 Å². The molecule has 3 atom stereocenters. The second-order valence-electron chi connectivity index (χ2n) is 7.32. The molecule has 1 aliphatic heterocycles. The van der Waals surface area contributed by atoms with E-state index in [1.54, 1.807) is 20.1 Å². The van der Waals surface area contributed by atoms with Crippen LogP contribution in [0.25, 0.3) is 11.3 Å². The summed E-state index contributed by atoms with van der Waals surface area (Å²) in [4.78, 5) is 15.7. The molecular formula is C20H26N2O5S. The van der Waals surface area contributed by atoms with Gasteiger partial charge in [0.15, 0.2) is 11.1 Å². The molecule has 2 aromatic rings. The first-order valence-electron chi connectivity index (χ1n) is 9.34. The van der Waals surface area contributed by atoms with Gasteiger partial charge in [-0.25, -0.2) is 4.21 Å². The number of hydrogen-bond acceptors (Lipinski definition) is 5. The van der Waals surface area contributed by atoms with Gasteiger partial charge < -0.3 is 19.0 Å². The number of aliphatic carboxylic acids is 1. The quantitative estimate of drug-likeness (QED) is 0.683. The van der Waals surface area contributed by atoms with Gasteiger partial charge in [-0.2, -0.15) is 0 Å². The van der Waals surface area contributed by atoms with Crippen LogP contribution in [0.1, 0.15) is 13.8 Å². The first kappa shape index (κ1) is 20.6. The van der Waals surface area contributed by atoms with Crippen LogP contribution in [0.3, 0.4) is 0 Å². The number of anilines is 1. The van der Waals surface area contributed by atoms with Gasteiger partial charge in [-0.05, 0) is 42.3 Å². The lowest BCUT2D eigenvalue weighted by Gasteiger charge is -2.41. The fourth-order valence-corrected chi connectivity index (χ4v) is 4.88. The molecule has 1 aliphatic rings. The van der Waals surface area contributed by atoms with Gasteiger partial charge in [0.1, 0.15) is 11.1 Å². The van der Waals surface area contributed by atoms with Crippen LogP contribution in [0.2, 0.25) is 0 Å². The molecule has 0 bridgehead atoms. The normalized spacial score (nSPS) is 18.8. The predicted molar refractivity (Wildman–Crippen MR) is 108 cm³/mol. The number of benzene rings is 1. The van der Waals surface area contributed by atoms with Crippen LogP contribution in [0, 0.1) is 11.8 Å². The second kappa shape index (κ2) is 8.89. The van der Waals surface area contributed by atoms with E-state index in [0.29, 0.717) is 26.2 Å². The Kier molecular flexibility index (Phi) is 6.53. The van der Waals surface area contributed by atoms with Gasteiger partial charge in [0.25, 0.3) is 0 Å². The summed E-state index contributed by atoms with van der Waals surface area (Å²) in [5.41, 5.74) is 2.07. The molecule has 152 valence electrons. The van der Waals surface area contributed by atoms with Crippen LogP contribution in [-0.4, -0.2) is 56.3 Å². The third-order valence-corrected chi connectivity index (χ3v) is 6.23. The molecule has 1 aromatic carbocycles. The Morgan fingerprint density at radius 1 is 1.11 bits per heavy atom. The van der Waals surface area contributed by atoms with E-state index >= 15 is 0 Å². The SMILES string of the molecule is CC(C)C(C(=O)O)C(N1CCN(c2ccc(-c3ccco3)cc2)CC1)S(=O)O. The summed E-state index contributed by atoms with van der Waals surface area (Å²) in [6.45, 7) is 5.95. The van der Waals surface area contributed by atoms with E-state index in [0.717, 1.165) is 17.0 Å². The van der Waals surface area contributed by atoms with Crippen molar-refractivity contribution < 1.29 is 23.1 Å². The lowest BCUT2D eigenvalue weighted by molar-refractivity contribution is -0.144. The zero-order valence-electron chi connectivity index (χ0n) is 16.0. The van der Waals surface area contributed by atoms with E-state index in [1.165, 1.54) is 0 Å². The summed E-state index contributed by atoms with van der Waals surface area (Å²) in [5.74, 6) is -1.33. The molecule has 0 radical (unpaired) electrons. The number of nitrogens with zero attached hydrogens (tertiary/aromatic N) is 2. The van der Waals surface area contributed by atoms with Crippen molar-refractivity contribution in [1.82, 2.24) is 4.90 Å². The summed E-state index contributed by atoms with van der Waals surface area (Å²) in [7, 11) is 0. The Hall–Kier alpha value is -2.16. The summed E-state index contributed by atoms with van der Waals surface area (Å²) >= 11 is -2.23. The zero-order chi connectivity index (χ0) is 20.3. The number of carboxylic acids is 1. The van der Waals surface area contributed by atoms with E-state index in [2.05, 4.69) is 4.90 Å². The fourth-order valence-electron chi connectivity index (χ4n) is 3.73. The van der Waals surface area contributed by atoms with Crippen LogP contribution >= 0.6 is 0 Å². The van der Waals surface area contributed by atoms with Crippen molar-refractivity contribution >= 4 is 22.7 Å². The molecule has 8 heteroatoms. The Morgan fingerprint density at radius 3 is 2.21 bits per heavy atom. The third kappa shape index (κ3) is 4.45. The van der Waals surface area contributed by atoms with Crippen LogP contribution < -0.4 is 4.90 Å². The Labute approximate surface area is 167 Å². The Balaban J connectivity index is 1.67. The highest BCUT2D eigenvalue weighted by molar-refractivity contribution is 7.79. The first-order chi connectivity index (χ1) is 13.4. The molecule has 7 nitrogen and oxygen atoms in total. The topological polar surface area (TPSA) is 94.2 Å². The van der Waals surface area contributed by atoms with Gasteiger partial charge in [-0.1, -0.05) is 13.8 Å². The minimum atomic E-state index is -2.23. The molecule has 3 rings (SSSR count). The van der Waals surface area contributed by atoms with E-state index in [9.17, 15) is 18.7 Å². The molecule has 1 fully saturated rings. The summed E-state index contributed by atoms with van der Waals surface area (Å²) < 4.78 is 27.1. The molecule has 0 saturated carbocycles. The van der Waals surface area contributed by atoms with Gasteiger partial charge in [0.05, 0.1) is 12.2 Å². The lowest BCUT2D eigenvalue weighted by Crippen LogP contribution is -2.55. The molecule has 3 unspecified atom stereocenters. The highest BCUT2D eigenvalue weighted by atomic mass is 32.2. The summed E-state index contributed by atoms with van der Waals surface area (Å²) in [5, 5.41) is 8.64. The first-order valence-corrected chi connectivity index (χ1v) is 10.5. The molecule has 2 heterocycles. The minimum absolute atomic E-state index is 0.231. The number of rotatable bonds is 7. The maximum atomic E-state index is 11.9. The lowest BCUT2D eigenvalue weighted by atomic mass is 9.94. The fraction of sp³-hybridized carbons (Fsp3) is 0.450. The average Bonchev–Trinajstić information content (AvgIpc) is 3.20. The van der Waals surface area contributed by atoms with E-state index < -0.39 is 28.3 Å². The average molecular weight is 407 g/mol. The maximum absolute atomic E-state index is 11.9. The number of carbonyl (C=O) groups is 1. The van der Waals surface area contributed by atoms with E-state index in [4.69, 9.17) is 4.42 Å². The number of hydrogen-bond donors (Lipinski definition) is 2. The molecule has 0 amide bonds. The van der Waals surface area contributed by atoms with E-state index in [1.807, 2.05) is 41.3 Å². The number of piperazine rings is 1. The minimum Gasteiger partial charge on any atom is -0.481 e. The Morgan fingerprint density at radius 2 is 1.75 bits per heavy atom. The van der Waals surface area contributed by atoms with Crippen molar-refractivity contribution in [3.05, 3.63) is 42.7 Å².